The van der Waals surface area contributed by atoms with Crippen molar-refractivity contribution in [1.29, 1.82) is 0 Å². The Bertz CT molecular complexity index is 1140. The summed E-state index contributed by atoms with van der Waals surface area (Å²) in [4.78, 5) is 32.3. The van der Waals surface area contributed by atoms with E-state index >= 15 is 0 Å². The molecule has 0 saturated carbocycles. The monoisotopic (exact) mass is 463 g/mol. The lowest BCUT2D eigenvalue weighted by molar-refractivity contribution is -0.384. The van der Waals surface area contributed by atoms with E-state index in [1.54, 1.807) is 12.1 Å². The molecule has 0 aliphatic rings. The van der Waals surface area contributed by atoms with E-state index in [9.17, 15) is 24.8 Å². The van der Waals surface area contributed by atoms with Crippen LogP contribution in [0.2, 0.25) is 10.0 Å². The number of phenols is 1. The Labute approximate surface area is 185 Å². The number of nitrogens with two attached hydrogens (primary N) is 1. The number of carbonyl (C=O) groups excluding carboxylic acids is 1. The van der Waals surface area contributed by atoms with Gasteiger partial charge in [-0.25, -0.2) is 4.79 Å². The molecule has 0 aliphatic heterocycles. The third kappa shape index (κ3) is 6.59. The lowest BCUT2D eigenvalue weighted by Crippen LogP contribution is -2.12. The summed E-state index contributed by atoms with van der Waals surface area (Å²) in [6.45, 7) is 0. The Kier molecular flexibility index (Phi) is 7.78. The molecule has 3 aromatic carbocycles. The molecule has 0 spiro atoms. The quantitative estimate of drug-likeness (QED) is 0.245. The number of carboxylic acids is 1. The van der Waals surface area contributed by atoms with Crippen molar-refractivity contribution in [3.63, 3.8) is 0 Å². The molecule has 31 heavy (non-hydrogen) atoms. The number of anilines is 2. The molecule has 0 heterocycles. The van der Waals surface area contributed by atoms with E-state index in [-0.39, 0.29) is 38.3 Å². The molecule has 0 radical (unpaired) electrons. The third-order valence-electron chi connectivity index (χ3n) is 3.77. The number of aromatic hydroxyl groups is 1. The molecule has 11 heteroatoms. The van der Waals surface area contributed by atoms with Gasteiger partial charge in [0.25, 0.3) is 11.6 Å². The van der Waals surface area contributed by atoms with Crippen molar-refractivity contribution in [1.82, 2.24) is 0 Å². The molecule has 3 rings (SSSR count). The van der Waals surface area contributed by atoms with Crippen LogP contribution in [0.15, 0.2) is 60.7 Å². The fourth-order valence-electron chi connectivity index (χ4n) is 2.22. The average Bonchev–Trinajstić information content (AvgIpc) is 2.72. The second kappa shape index (κ2) is 10.3. The van der Waals surface area contributed by atoms with Gasteiger partial charge in [-0.3, -0.25) is 14.9 Å². The molecule has 0 aliphatic carbocycles. The Balaban J connectivity index is 0.000000285. The Morgan fingerprint density at radius 1 is 1.00 bits per heavy atom. The first-order valence-electron chi connectivity index (χ1n) is 8.41. The minimum atomic E-state index is -0.931. The molecular formula is C20H15Cl2N3O6. The van der Waals surface area contributed by atoms with Gasteiger partial charge in [0.1, 0.15) is 5.75 Å². The van der Waals surface area contributed by atoms with Crippen LogP contribution in [0.5, 0.6) is 5.75 Å². The van der Waals surface area contributed by atoms with Crippen molar-refractivity contribution < 1.29 is 24.7 Å². The normalized spacial score (nSPS) is 9.87. The molecular weight excluding hydrogens is 449 g/mol. The minimum Gasteiger partial charge on any atom is -0.507 e. The Morgan fingerprint density at radius 2 is 1.65 bits per heavy atom. The summed E-state index contributed by atoms with van der Waals surface area (Å²) < 4.78 is 0. The number of hydrogen-bond donors (Lipinski definition) is 4. The molecule has 0 unspecified atom stereocenters. The smallest absolute Gasteiger partial charge is 0.335 e. The molecule has 9 nitrogen and oxygen atoms in total. The molecule has 3 aromatic rings. The Morgan fingerprint density at radius 3 is 2.19 bits per heavy atom. The van der Waals surface area contributed by atoms with Gasteiger partial charge in [-0.15, -0.1) is 0 Å². The number of aromatic carboxylic acids is 1. The molecule has 0 aromatic heterocycles. The number of nitrogen functional groups attached to an aromatic ring is 1. The maximum Gasteiger partial charge on any atom is 0.335 e. The fourth-order valence-corrected chi connectivity index (χ4v) is 2.62. The van der Waals surface area contributed by atoms with E-state index in [0.717, 1.165) is 6.07 Å². The molecule has 0 atom stereocenters. The van der Waals surface area contributed by atoms with Gasteiger partial charge >= 0.3 is 5.97 Å². The van der Waals surface area contributed by atoms with Gasteiger partial charge in [-0.2, -0.15) is 0 Å². The summed E-state index contributed by atoms with van der Waals surface area (Å²) in [5.41, 5.74) is 6.13. The van der Waals surface area contributed by atoms with E-state index in [2.05, 4.69) is 5.32 Å². The summed E-state index contributed by atoms with van der Waals surface area (Å²) in [7, 11) is 0. The van der Waals surface area contributed by atoms with Crippen molar-refractivity contribution in [3.05, 3.63) is 92.0 Å². The number of benzene rings is 3. The Hall–Kier alpha value is -3.82. The van der Waals surface area contributed by atoms with Gasteiger partial charge in [-0.05, 0) is 48.5 Å². The second-order valence-corrected chi connectivity index (χ2v) is 6.81. The zero-order valence-electron chi connectivity index (χ0n) is 15.6. The molecule has 0 saturated heterocycles. The van der Waals surface area contributed by atoms with Gasteiger partial charge in [0.05, 0.1) is 26.8 Å². The van der Waals surface area contributed by atoms with Gasteiger partial charge < -0.3 is 21.3 Å². The summed E-state index contributed by atoms with van der Waals surface area (Å²) >= 11 is 11.6. The molecule has 1 amide bonds. The van der Waals surface area contributed by atoms with Gasteiger partial charge in [0.2, 0.25) is 0 Å². The van der Waals surface area contributed by atoms with Gasteiger partial charge in [0.15, 0.2) is 0 Å². The van der Waals surface area contributed by atoms with Crippen LogP contribution in [0.4, 0.5) is 17.1 Å². The zero-order valence-corrected chi connectivity index (χ0v) is 17.1. The van der Waals surface area contributed by atoms with E-state index in [4.69, 9.17) is 34.0 Å². The topological polar surface area (TPSA) is 156 Å². The van der Waals surface area contributed by atoms with Gasteiger partial charge in [-0.1, -0.05) is 23.2 Å². The number of nitrogens with zero attached hydrogens (tertiary/aromatic N) is 1. The third-order valence-corrected chi connectivity index (χ3v) is 4.32. The van der Waals surface area contributed by atoms with Crippen molar-refractivity contribution in [3.8, 4) is 5.75 Å². The number of nitrogens with one attached hydrogen (secondary N) is 1. The maximum atomic E-state index is 12.0. The van der Waals surface area contributed by atoms with Crippen LogP contribution >= 0.6 is 23.2 Å². The summed E-state index contributed by atoms with van der Waals surface area (Å²) in [5.74, 6) is -1.80. The number of carboxylic acid groups (broad SMARTS) is 1. The maximum absolute atomic E-state index is 12.0. The first kappa shape index (κ1) is 23.5. The van der Waals surface area contributed by atoms with Crippen molar-refractivity contribution in [2.45, 2.75) is 0 Å². The lowest BCUT2D eigenvalue weighted by atomic mass is 10.2. The van der Waals surface area contributed by atoms with Gasteiger partial charge in [0, 0.05) is 22.8 Å². The molecule has 0 fully saturated rings. The van der Waals surface area contributed by atoms with Crippen LogP contribution in [0.1, 0.15) is 20.7 Å². The molecule has 0 bridgehead atoms. The number of hydrogen-bond acceptors (Lipinski definition) is 6. The number of nitro benzene ring substituents is 1. The van der Waals surface area contributed by atoms with Crippen LogP contribution in [0.25, 0.3) is 0 Å². The van der Waals surface area contributed by atoms with Crippen LogP contribution in [-0.2, 0) is 0 Å². The van der Waals surface area contributed by atoms with Crippen molar-refractivity contribution >= 4 is 52.1 Å². The number of carbonyl (C=O) groups is 2. The highest BCUT2D eigenvalue weighted by atomic mass is 35.5. The highest BCUT2D eigenvalue weighted by Crippen LogP contribution is 2.28. The number of non-ortho nitro benzene ring substituents is 1. The first-order chi connectivity index (χ1) is 14.6. The van der Waals surface area contributed by atoms with Crippen LogP contribution < -0.4 is 11.1 Å². The van der Waals surface area contributed by atoms with Crippen LogP contribution in [-0.4, -0.2) is 27.0 Å². The van der Waals surface area contributed by atoms with Crippen molar-refractivity contribution in [2.24, 2.45) is 0 Å². The van der Waals surface area contributed by atoms with Crippen LogP contribution in [0, 0.1) is 10.1 Å². The fraction of sp³-hybridized carbons (Fsp3) is 0. The molecule has 5 N–H and O–H groups in total. The summed E-state index contributed by atoms with van der Waals surface area (Å²) in [6, 6.07) is 13.7. The average molecular weight is 464 g/mol. The summed E-state index contributed by atoms with van der Waals surface area (Å²) in [5, 5.41) is 31.4. The number of amides is 1. The predicted molar refractivity (Wildman–Crippen MR) is 117 cm³/mol. The predicted octanol–water partition coefficient (Wildman–Crippen LogP) is 4.83. The number of rotatable bonds is 4. The molecule has 160 valence electrons. The van der Waals surface area contributed by atoms with E-state index < -0.39 is 16.8 Å². The standard InChI is InChI=1S/C13H8Cl2N2O4.C7H7NO2/c14-7-1-4-12(18)9(5-7)13(19)16-11-3-2-8(17(20)21)6-10(11)15;8-6-3-1-5(2-4-6)7(9)10/h1-6,18H,(H,16,19);1-4H,8H2,(H,9,10). The largest absolute Gasteiger partial charge is 0.507 e. The highest BCUT2D eigenvalue weighted by Gasteiger charge is 2.15. The van der Waals surface area contributed by atoms with E-state index in [0.29, 0.717) is 5.69 Å². The van der Waals surface area contributed by atoms with Crippen molar-refractivity contribution in [2.75, 3.05) is 11.1 Å². The zero-order chi connectivity index (χ0) is 23.1. The number of nitro groups is 1. The first-order valence-corrected chi connectivity index (χ1v) is 9.16. The second-order valence-electron chi connectivity index (χ2n) is 5.96. The number of halogens is 2. The van der Waals surface area contributed by atoms with E-state index in [1.165, 1.54) is 42.5 Å². The minimum absolute atomic E-state index is 0.0130. The lowest BCUT2D eigenvalue weighted by Gasteiger charge is -2.08. The summed E-state index contributed by atoms with van der Waals surface area (Å²) in [6.07, 6.45) is 0. The number of phenolic OH excluding ortho intramolecular Hbond substituents is 1. The SMILES string of the molecule is Nc1ccc(C(=O)O)cc1.O=C(Nc1ccc([N+](=O)[O-])cc1Cl)c1cc(Cl)ccc1O. The van der Waals surface area contributed by atoms with Crippen LogP contribution in [0.3, 0.4) is 0 Å². The highest BCUT2D eigenvalue weighted by molar-refractivity contribution is 6.34. The van der Waals surface area contributed by atoms with E-state index in [1.807, 2.05) is 0 Å².